The van der Waals surface area contributed by atoms with Crippen molar-refractivity contribution in [2.24, 2.45) is 0 Å². The minimum Gasteiger partial charge on any atom is -0.508 e. The number of phenolic OH excluding ortho intramolecular Hbond substituents is 2. The molecule has 2 aromatic rings. The third-order valence-corrected chi connectivity index (χ3v) is 3.70. The van der Waals surface area contributed by atoms with Gasteiger partial charge in [0.05, 0.1) is 11.8 Å². The summed E-state index contributed by atoms with van der Waals surface area (Å²) in [6.45, 7) is 1.69. The molecule has 1 saturated heterocycles. The van der Waals surface area contributed by atoms with Gasteiger partial charge in [-0.25, -0.2) is 0 Å². The Balaban J connectivity index is 0.00000144. The molecule has 2 aromatic carbocycles. The van der Waals surface area contributed by atoms with E-state index in [1.807, 2.05) is 24.3 Å². The standard InChI is InChI=1S/C17H20N2O3.2ClH/c20-14-7-8-16(17(21)10-14)19-13-5-3-12(4-6-13)18-11-15-2-1-9-22-15;;/h3-8,10,15,18-21H,1-2,9,11H2;2*1H. The maximum absolute atomic E-state index is 9.76. The van der Waals surface area contributed by atoms with E-state index in [-0.39, 0.29) is 36.3 Å². The van der Waals surface area contributed by atoms with Gasteiger partial charge in [0.2, 0.25) is 0 Å². The number of nitrogens with one attached hydrogen (secondary N) is 2. The van der Waals surface area contributed by atoms with E-state index in [2.05, 4.69) is 10.6 Å². The molecular weight excluding hydrogens is 351 g/mol. The zero-order chi connectivity index (χ0) is 15.4. The summed E-state index contributed by atoms with van der Waals surface area (Å²) in [6, 6.07) is 12.3. The maximum atomic E-state index is 9.76. The van der Waals surface area contributed by atoms with Gasteiger partial charge in [0.1, 0.15) is 11.5 Å². The van der Waals surface area contributed by atoms with Gasteiger partial charge in [-0.15, -0.1) is 24.8 Å². The van der Waals surface area contributed by atoms with Crippen molar-refractivity contribution in [2.75, 3.05) is 23.8 Å². The molecule has 3 rings (SSSR count). The summed E-state index contributed by atoms with van der Waals surface area (Å²) in [5.41, 5.74) is 2.46. The quantitative estimate of drug-likeness (QED) is 0.465. The van der Waals surface area contributed by atoms with Crippen molar-refractivity contribution in [2.45, 2.75) is 18.9 Å². The molecule has 0 aliphatic carbocycles. The van der Waals surface area contributed by atoms with Crippen molar-refractivity contribution in [1.29, 1.82) is 0 Å². The van der Waals surface area contributed by atoms with Gasteiger partial charge >= 0.3 is 0 Å². The molecule has 1 fully saturated rings. The van der Waals surface area contributed by atoms with Crippen LogP contribution in [0, 0.1) is 0 Å². The number of hydrogen-bond donors (Lipinski definition) is 4. The predicted molar refractivity (Wildman–Crippen MR) is 101 cm³/mol. The monoisotopic (exact) mass is 372 g/mol. The fraction of sp³-hybridized carbons (Fsp3) is 0.294. The minimum atomic E-state index is 0. The molecule has 24 heavy (non-hydrogen) atoms. The second-order valence-electron chi connectivity index (χ2n) is 5.42. The number of rotatable bonds is 5. The van der Waals surface area contributed by atoms with Gasteiger partial charge in [0, 0.05) is 30.6 Å². The van der Waals surface area contributed by atoms with Crippen LogP contribution in [0.4, 0.5) is 17.1 Å². The SMILES string of the molecule is Cl.Cl.Oc1ccc(Nc2ccc(NCC3CCCO3)cc2)c(O)c1. The number of anilines is 3. The predicted octanol–water partition coefficient (Wildman–Crippen LogP) is 4.28. The highest BCUT2D eigenvalue weighted by atomic mass is 35.5. The van der Waals surface area contributed by atoms with Crippen LogP contribution < -0.4 is 10.6 Å². The Morgan fingerprint density at radius 1 is 1.00 bits per heavy atom. The number of halogens is 2. The highest BCUT2D eigenvalue weighted by Crippen LogP contribution is 2.30. The van der Waals surface area contributed by atoms with E-state index < -0.39 is 0 Å². The van der Waals surface area contributed by atoms with Gasteiger partial charge in [-0.2, -0.15) is 0 Å². The molecule has 0 amide bonds. The first-order valence-electron chi connectivity index (χ1n) is 7.45. The second kappa shape index (κ2) is 9.47. The van der Waals surface area contributed by atoms with Crippen LogP contribution in [-0.2, 0) is 4.74 Å². The van der Waals surface area contributed by atoms with Gasteiger partial charge in [0.25, 0.3) is 0 Å². The molecule has 5 nitrogen and oxygen atoms in total. The van der Waals surface area contributed by atoms with Crippen LogP contribution in [0.2, 0.25) is 0 Å². The average Bonchev–Trinajstić information content (AvgIpc) is 3.03. The molecule has 0 spiro atoms. The van der Waals surface area contributed by atoms with Crippen molar-refractivity contribution in [3.63, 3.8) is 0 Å². The van der Waals surface area contributed by atoms with Crippen LogP contribution in [0.1, 0.15) is 12.8 Å². The van der Waals surface area contributed by atoms with Gasteiger partial charge in [-0.3, -0.25) is 0 Å². The summed E-state index contributed by atoms with van der Waals surface area (Å²) in [4.78, 5) is 0. The number of benzene rings is 2. The molecule has 0 aromatic heterocycles. The van der Waals surface area contributed by atoms with Crippen LogP contribution in [-0.4, -0.2) is 29.5 Å². The molecule has 0 radical (unpaired) electrons. The number of phenols is 2. The Bertz CT molecular complexity index is 632. The fourth-order valence-corrected chi connectivity index (χ4v) is 2.49. The Morgan fingerprint density at radius 2 is 1.71 bits per heavy atom. The van der Waals surface area contributed by atoms with Crippen molar-refractivity contribution in [3.05, 3.63) is 42.5 Å². The van der Waals surface area contributed by atoms with E-state index in [1.54, 1.807) is 6.07 Å². The molecular formula is C17H22Cl2N2O3. The van der Waals surface area contributed by atoms with Crippen molar-refractivity contribution in [1.82, 2.24) is 0 Å². The largest absolute Gasteiger partial charge is 0.508 e. The molecule has 1 aliphatic heterocycles. The summed E-state index contributed by atoms with van der Waals surface area (Å²) in [6.07, 6.45) is 2.57. The van der Waals surface area contributed by atoms with Gasteiger partial charge in [0.15, 0.2) is 0 Å². The Morgan fingerprint density at radius 3 is 2.33 bits per heavy atom. The fourth-order valence-electron chi connectivity index (χ4n) is 2.49. The Labute approximate surface area is 153 Å². The van der Waals surface area contributed by atoms with Crippen molar-refractivity contribution >= 4 is 41.9 Å². The summed E-state index contributed by atoms with van der Waals surface area (Å²) in [5.74, 6) is 0.0531. The highest BCUT2D eigenvalue weighted by Gasteiger charge is 2.14. The summed E-state index contributed by atoms with van der Waals surface area (Å²) < 4.78 is 5.58. The van der Waals surface area contributed by atoms with E-state index in [4.69, 9.17) is 4.74 Å². The molecule has 132 valence electrons. The summed E-state index contributed by atoms with van der Waals surface area (Å²) >= 11 is 0. The van der Waals surface area contributed by atoms with Crippen LogP contribution in [0.3, 0.4) is 0 Å². The summed E-state index contributed by atoms with van der Waals surface area (Å²) in [7, 11) is 0. The average molecular weight is 373 g/mol. The van der Waals surface area contributed by atoms with E-state index in [9.17, 15) is 10.2 Å². The molecule has 7 heteroatoms. The number of ether oxygens (including phenoxy) is 1. The van der Waals surface area contributed by atoms with E-state index >= 15 is 0 Å². The third-order valence-electron chi connectivity index (χ3n) is 3.70. The van der Waals surface area contributed by atoms with Crippen LogP contribution in [0.25, 0.3) is 0 Å². The topological polar surface area (TPSA) is 73.8 Å². The smallest absolute Gasteiger partial charge is 0.142 e. The number of hydrogen-bond acceptors (Lipinski definition) is 5. The van der Waals surface area contributed by atoms with Crippen molar-refractivity contribution < 1.29 is 14.9 Å². The maximum Gasteiger partial charge on any atom is 0.142 e. The minimum absolute atomic E-state index is 0. The Hall–Kier alpha value is -1.82. The van der Waals surface area contributed by atoms with Gasteiger partial charge in [-0.05, 0) is 49.2 Å². The first-order chi connectivity index (χ1) is 10.7. The van der Waals surface area contributed by atoms with E-state index in [0.717, 1.165) is 37.4 Å². The van der Waals surface area contributed by atoms with Gasteiger partial charge in [-0.1, -0.05) is 0 Å². The normalized spacial score (nSPS) is 15.9. The lowest BCUT2D eigenvalue weighted by Crippen LogP contribution is -2.18. The van der Waals surface area contributed by atoms with Crippen LogP contribution in [0.15, 0.2) is 42.5 Å². The zero-order valence-corrected chi connectivity index (χ0v) is 14.7. The first kappa shape index (κ1) is 20.2. The number of aromatic hydroxyl groups is 2. The van der Waals surface area contributed by atoms with Crippen LogP contribution in [0.5, 0.6) is 11.5 Å². The molecule has 0 bridgehead atoms. The van der Waals surface area contributed by atoms with E-state index in [1.165, 1.54) is 12.1 Å². The first-order valence-corrected chi connectivity index (χ1v) is 7.45. The Kier molecular flexibility index (Phi) is 7.98. The second-order valence-corrected chi connectivity index (χ2v) is 5.42. The van der Waals surface area contributed by atoms with E-state index in [0.29, 0.717) is 11.8 Å². The summed E-state index contributed by atoms with van der Waals surface area (Å²) in [5, 5.41) is 25.5. The third kappa shape index (κ3) is 5.37. The highest BCUT2D eigenvalue weighted by molar-refractivity contribution is 5.85. The van der Waals surface area contributed by atoms with Crippen LogP contribution >= 0.6 is 24.8 Å². The van der Waals surface area contributed by atoms with Crippen molar-refractivity contribution in [3.8, 4) is 11.5 Å². The molecule has 1 atom stereocenters. The lowest BCUT2D eigenvalue weighted by Gasteiger charge is -2.13. The molecule has 1 unspecified atom stereocenters. The molecule has 1 heterocycles. The molecule has 0 saturated carbocycles. The zero-order valence-electron chi connectivity index (χ0n) is 13.1. The lowest BCUT2D eigenvalue weighted by atomic mass is 10.2. The van der Waals surface area contributed by atoms with Gasteiger partial charge < -0.3 is 25.6 Å². The molecule has 1 aliphatic rings. The lowest BCUT2D eigenvalue weighted by molar-refractivity contribution is 0.120. The molecule has 4 N–H and O–H groups in total.